The third kappa shape index (κ3) is 4.17. The molecular formula is C20H30N4O2. The lowest BCUT2D eigenvalue weighted by atomic mass is 9.98. The van der Waals surface area contributed by atoms with Gasteiger partial charge in [-0.1, -0.05) is 13.3 Å². The van der Waals surface area contributed by atoms with Crippen molar-refractivity contribution in [3.05, 3.63) is 23.9 Å². The fraction of sp³-hybridized carbons (Fsp3) is 0.650. The first-order valence-electron chi connectivity index (χ1n) is 9.86. The highest BCUT2D eigenvalue weighted by molar-refractivity contribution is 5.99. The molecule has 1 aromatic heterocycles. The molecule has 0 bridgehead atoms. The summed E-state index contributed by atoms with van der Waals surface area (Å²) in [6, 6.07) is 3.85. The van der Waals surface area contributed by atoms with Crippen LogP contribution in [0.3, 0.4) is 0 Å². The first-order chi connectivity index (χ1) is 12.6. The van der Waals surface area contributed by atoms with Crippen LogP contribution >= 0.6 is 0 Å². The van der Waals surface area contributed by atoms with Crippen molar-refractivity contribution in [1.82, 2.24) is 15.2 Å². The molecular weight excluding hydrogens is 328 g/mol. The molecule has 6 nitrogen and oxygen atoms in total. The van der Waals surface area contributed by atoms with E-state index >= 15 is 0 Å². The third-order valence-electron chi connectivity index (χ3n) is 5.45. The van der Waals surface area contributed by atoms with Crippen LogP contribution in [0.5, 0.6) is 0 Å². The Hall–Kier alpha value is -2.11. The number of nitrogens with zero attached hydrogens (tertiary/aromatic N) is 3. The lowest BCUT2D eigenvalue weighted by Crippen LogP contribution is -2.39. The van der Waals surface area contributed by atoms with Gasteiger partial charge >= 0.3 is 0 Å². The van der Waals surface area contributed by atoms with Crippen molar-refractivity contribution in [2.45, 2.75) is 52.0 Å². The third-order valence-corrected chi connectivity index (χ3v) is 5.45. The molecule has 3 heterocycles. The maximum Gasteiger partial charge on any atom is 0.257 e. The van der Waals surface area contributed by atoms with Crippen molar-refractivity contribution in [2.24, 2.45) is 5.92 Å². The molecule has 2 amide bonds. The highest BCUT2D eigenvalue weighted by Crippen LogP contribution is 2.29. The van der Waals surface area contributed by atoms with Gasteiger partial charge < -0.3 is 15.1 Å². The van der Waals surface area contributed by atoms with Crippen molar-refractivity contribution in [3.63, 3.8) is 0 Å². The second-order valence-corrected chi connectivity index (χ2v) is 7.49. The monoisotopic (exact) mass is 358 g/mol. The van der Waals surface area contributed by atoms with Gasteiger partial charge in [0.1, 0.15) is 5.82 Å². The second-order valence-electron chi connectivity index (χ2n) is 7.49. The average Bonchev–Trinajstić information content (AvgIpc) is 3.04. The molecule has 2 fully saturated rings. The Labute approximate surface area is 156 Å². The Kier molecular flexibility index (Phi) is 6.12. The summed E-state index contributed by atoms with van der Waals surface area (Å²) in [6.45, 7) is 6.94. The molecule has 0 spiro atoms. The van der Waals surface area contributed by atoms with Gasteiger partial charge in [0.15, 0.2) is 0 Å². The largest absolute Gasteiger partial charge is 0.354 e. The molecule has 142 valence electrons. The minimum atomic E-state index is 0.00332. The van der Waals surface area contributed by atoms with Gasteiger partial charge in [-0.25, -0.2) is 4.98 Å². The Morgan fingerprint density at radius 1 is 1.23 bits per heavy atom. The van der Waals surface area contributed by atoms with E-state index in [1.165, 1.54) is 6.42 Å². The Morgan fingerprint density at radius 3 is 2.69 bits per heavy atom. The van der Waals surface area contributed by atoms with Crippen LogP contribution in [-0.2, 0) is 4.79 Å². The fourth-order valence-corrected chi connectivity index (χ4v) is 4.22. The number of pyridine rings is 1. The van der Waals surface area contributed by atoms with Crippen molar-refractivity contribution in [1.29, 1.82) is 0 Å². The summed E-state index contributed by atoms with van der Waals surface area (Å²) in [7, 11) is 0. The Bertz CT molecular complexity index is 642. The molecule has 6 heteroatoms. The van der Waals surface area contributed by atoms with E-state index in [2.05, 4.69) is 22.1 Å². The second kappa shape index (κ2) is 8.52. The molecule has 2 saturated heterocycles. The molecule has 1 aromatic rings. The van der Waals surface area contributed by atoms with E-state index in [4.69, 9.17) is 0 Å². The number of hydrogen-bond donors (Lipinski definition) is 1. The van der Waals surface area contributed by atoms with E-state index in [1.807, 2.05) is 17.0 Å². The van der Waals surface area contributed by atoms with Gasteiger partial charge in [-0.3, -0.25) is 9.59 Å². The van der Waals surface area contributed by atoms with E-state index in [0.717, 1.165) is 51.1 Å². The summed E-state index contributed by atoms with van der Waals surface area (Å²) >= 11 is 0. The maximum atomic E-state index is 13.0. The van der Waals surface area contributed by atoms with Crippen LogP contribution in [0.15, 0.2) is 18.3 Å². The van der Waals surface area contributed by atoms with Crippen LogP contribution < -0.4 is 10.2 Å². The van der Waals surface area contributed by atoms with Gasteiger partial charge in [0.05, 0.1) is 11.6 Å². The van der Waals surface area contributed by atoms with Gasteiger partial charge in [-0.2, -0.15) is 0 Å². The summed E-state index contributed by atoms with van der Waals surface area (Å²) in [6.07, 6.45) is 7.25. The first-order valence-corrected chi connectivity index (χ1v) is 9.86. The van der Waals surface area contributed by atoms with Crippen LogP contribution in [0, 0.1) is 5.92 Å². The zero-order valence-electron chi connectivity index (χ0n) is 15.9. The van der Waals surface area contributed by atoms with Crippen molar-refractivity contribution in [2.75, 3.05) is 31.1 Å². The van der Waals surface area contributed by atoms with E-state index in [1.54, 1.807) is 13.1 Å². The number of carbonyl (C=O) groups excluding carboxylic acids is 2. The van der Waals surface area contributed by atoms with Crippen LogP contribution in [0.1, 0.15) is 56.3 Å². The predicted octanol–water partition coefficient (Wildman–Crippen LogP) is 2.45. The summed E-state index contributed by atoms with van der Waals surface area (Å²) in [5, 5.41) is 3.08. The molecule has 0 unspecified atom stereocenters. The standard InChI is InChI=1S/C20H30N4O2/c1-3-8-16-13-24(14-18(16)22-15(2)25)19-17(9-7-10-21-19)20(26)23-11-5-4-6-12-23/h7,9-10,16,18H,3-6,8,11-14H2,1-2H3,(H,22,25)/t16-,18-/m0/s1. The molecule has 1 N–H and O–H groups in total. The maximum absolute atomic E-state index is 13.0. The minimum absolute atomic E-state index is 0.00332. The molecule has 0 aromatic carbocycles. The molecule has 0 radical (unpaired) electrons. The number of anilines is 1. The number of nitrogens with one attached hydrogen (secondary N) is 1. The van der Waals surface area contributed by atoms with Crippen molar-refractivity contribution >= 4 is 17.6 Å². The molecule has 0 aliphatic carbocycles. The average molecular weight is 358 g/mol. The Balaban J connectivity index is 1.80. The van der Waals surface area contributed by atoms with Gasteiger partial charge in [-0.05, 0) is 43.7 Å². The van der Waals surface area contributed by atoms with E-state index in [9.17, 15) is 9.59 Å². The minimum Gasteiger partial charge on any atom is -0.354 e. The van der Waals surface area contributed by atoms with Gasteiger partial charge in [0.2, 0.25) is 5.91 Å². The van der Waals surface area contributed by atoms with Crippen molar-refractivity contribution < 1.29 is 9.59 Å². The number of hydrogen-bond acceptors (Lipinski definition) is 4. The summed E-state index contributed by atoms with van der Waals surface area (Å²) in [5.41, 5.74) is 0.688. The quantitative estimate of drug-likeness (QED) is 0.878. The number of aromatic nitrogens is 1. The number of likely N-dealkylation sites (tertiary alicyclic amines) is 1. The number of carbonyl (C=O) groups is 2. The lowest BCUT2D eigenvalue weighted by molar-refractivity contribution is -0.119. The van der Waals surface area contributed by atoms with Gasteiger partial charge in [0.25, 0.3) is 5.91 Å². The molecule has 2 aliphatic heterocycles. The molecule has 2 aliphatic rings. The fourth-order valence-electron chi connectivity index (χ4n) is 4.22. The number of amides is 2. The van der Waals surface area contributed by atoms with E-state index < -0.39 is 0 Å². The molecule has 3 rings (SSSR count). The topological polar surface area (TPSA) is 65.5 Å². The van der Waals surface area contributed by atoms with Crippen molar-refractivity contribution in [3.8, 4) is 0 Å². The number of piperidine rings is 1. The highest BCUT2D eigenvalue weighted by Gasteiger charge is 2.35. The normalized spacial score (nSPS) is 23.2. The zero-order valence-corrected chi connectivity index (χ0v) is 15.9. The van der Waals surface area contributed by atoms with E-state index in [-0.39, 0.29) is 17.9 Å². The zero-order chi connectivity index (χ0) is 18.5. The number of rotatable bonds is 5. The predicted molar refractivity (Wildman–Crippen MR) is 102 cm³/mol. The lowest BCUT2D eigenvalue weighted by Gasteiger charge is -2.28. The highest BCUT2D eigenvalue weighted by atomic mass is 16.2. The molecule has 0 saturated carbocycles. The van der Waals surface area contributed by atoms with Gasteiger partial charge in [0, 0.05) is 39.3 Å². The summed E-state index contributed by atoms with van der Waals surface area (Å²) in [4.78, 5) is 33.3. The molecule has 26 heavy (non-hydrogen) atoms. The smallest absolute Gasteiger partial charge is 0.257 e. The summed E-state index contributed by atoms with van der Waals surface area (Å²) in [5.74, 6) is 1.24. The van der Waals surface area contributed by atoms with E-state index in [0.29, 0.717) is 18.0 Å². The molecule has 2 atom stereocenters. The SMILES string of the molecule is CCC[C@H]1CN(c2ncccc2C(=O)N2CCCCC2)C[C@@H]1NC(C)=O. The summed E-state index contributed by atoms with van der Waals surface area (Å²) < 4.78 is 0. The first kappa shape index (κ1) is 18.7. The van der Waals surface area contributed by atoms with Gasteiger partial charge in [-0.15, -0.1) is 0 Å². The Morgan fingerprint density at radius 2 is 2.00 bits per heavy atom. The van der Waals surface area contributed by atoms with Crippen LogP contribution in [-0.4, -0.2) is 53.9 Å². The van der Waals surface area contributed by atoms with Crippen LogP contribution in [0.2, 0.25) is 0 Å². The van der Waals surface area contributed by atoms with Crippen LogP contribution in [0.25, 0.3) is 0 Å². The van der Waals surface area contributed by atoms with Crippen LogP contribution in [0.4, 0.5) is 5.82 Å².